The van der Waals surface area contributed by atoms with Crippen LogP contribution in [0.3, 0.4) is 0 Å². The maximum absolute atomic E-state index is 12.6. The number of likely N-dealkylation sites (tertiary alicyclic amines) is 2. The van der Waals surface area contributed by atoms with Crippen LogP contribution < -0.4 is 0 Å². The fourth-order valence-electron chi connectivity index (χ4n) is 4.33. The van der Waals surface area contributed by atoms with Gasteiger partial charge in [0.15, 0.2) is 0 Å². The van der Waals surface area contributed by atoms with Crippen molar-refractivity contribution in [3.63, 3.8) is 0 Å². The van der Waals surface area contributed by atoms with Crippen LogP contribution in [0.1, 0.15) is 58.9 Å². The van der Waals surface area contributed by atoms with Crippen LogP contribution in [0.15, 0.2) is 30.3 Å². The monoisotopic (exact) mass is 402 g/mol. The maximum atomic E-state index is 12.6. The number of hydrogen-bond donors (Lipinski definition) is 1. The summed E-state index contributed by atoms with van der Waals surface area (Å²) in [6, 6.07) is 10.1. The Bertz CT molecular complexity index is 756. The van der Waals surface area contributed by atoms with Gasteiger partial charge in [-0.25, -0.2) is 4.79 Å². The first-order valence-corrected chi connectivity index (χ1v) is 10.4. The van der Waals surface area contributed by atoms with Gasteiger partial charge in [-0.3, -0.25) is 4.79 Å². The number of nitrogens with zero attached hydrogens (tertiary/aromatic N) is 2. The van der Waals surface area contributed by atoms with Crippen LogP contribution in [-0.4, -0.2) is 64.3 Å². The third kappa shape index (κ3) is 4.74. The molecule has 3 rings (SSSR count). The number of amides is 2. The Morgan fingerprint density at radius 2 is 1.90 bits per heavy atom. The summed E-state index contributed by atoms with van der Waals surface area (Å²) in [5.74, 6) is 0.245. The van der Waals surface area contributed by atoms with Gasteiger partial charge in [0.05, 0.1) is 12.1 Å². The van der Waals surface area contributed by atoms with E-state index in [-0.39, 0.29) is 17.9 Å². The predicted octanol–water partition coefficient (Wildman–Crippen LogP) is 3.40. The van der Waals surface area contributed by atoms with E-state index >= 15 is 0 Å². The molecule has 2 amide bonds. The van der Waals surface area contributed by atoms with Crippen molar-refractivity contribution in [1.29, 1.82) is 0 Å². The molecule has 0 spiro atoms. The van der Waals surface area contributed by atoms with Gasteiger partial charge >= 0.3 is 6.09 Å². The fourth-order valence-corrected chi connectivity index (χ4v) is 4.33. The van der Waals surface area contributed by atoms with Crippen LogP contribution in [0.5, 0.6) is 0 Å². The Hall–Kier alpha value is -2.08. The number of aliphatic hydroxyl groups is 1. The summed E-state index contributed by atoms with van der Waals surface area (Å²) < 4.78 is 5.49. The van der Waals surface area contributed by atoms with Crippen LogP contribution in [0.2, 0.25) is 0 Å². The molecule has 160 valence electrons. The molecule has 2 atom stereocenters. The van der Waals surface area contributed by atoms with Crippen molar-refractivity contribution in [2.24, 2.45) is 5.41 Å². The second-order valence-corrected chi connectivity index (χ2v) is 10.2. The van der Waals surface area contributed by atoms with E-state index in [1.54, 1.807) is 9.80 Å². The van der Waals surface area contributed by atoms with Crippen molar-refractivity contribution >= 4 is 12.0 Å². The van der Waals surface area contributed by atoms with E-state index in [9.17, 15) is 14.7 Å². The second-order valence-electron chi connectivity index (χ2n) is 10.2. The van der Waals surface area contributed by atoms with Crippen LogP contribution in [0.4, 0.5) is 4.79 Å². The first-order valence-electron chi connectivity index (χ1n) is 10.4. The lowest BCUT2D eigenvalue weighted by Crippen LogP contribution is -2.63. The number of ether oxygens (including phenoxy) is 1. The number of benzene rings is 1. The van der Waals surface area contributed by atoms with Crippen LogP contribution in [-0.2, 0) is 9.53 Å². The number of hydrogen-bond acceptors (Lipinski definition) is 4. The lowest BCUT2D eigenvalue weighted by Gasteiger charge is -2.51. The van der Waals surface area contributed by atoms with Gasteiger partial charge in [0.1, 0.15) is 5.60 Å². The molecule has 2 unspecified atom stereocenters. The van der Waals surface area contributed by atoms with Crippen molar-refractivity contribution in [1.82, 2.24) is 9.80 Å². The second kappa shape index (κ2) is 7.63. The maximum Gasteiger partial charge on any atom is 0.410 e. The molecule has 1 N–H and O–H groups in total. The summed E-state index contributed by atoms with van der Waals surface area (Å²) in [5.41, 5.74) is -1.00. The molecule has 0 aliphatic carbocycles. The zero-order valence-electron chi connectivity index (χ0n) is 18.3. The Balaban J connectivity index is 1.66. The van der Waals surface area contributed by atoms with E-state index < -0.39 is 16.6 Å². The summed E-state index contributed by atoms with van der Waals surface area (Å²) in [5, 5.41) is 11.5. The number of carbonyl (C=O) groups is 2. The third-order valence-corrected chi connectivity index (χ3v) is 6.23. The van der Waals surface area contributed by atoms with Gasteiger partial charge in [0.2, 0.25) is 5.91 Å². The quantitative estimate of drug-likeness (QED) is 0.841. The molecule has 2 aliphatic heterocycles. The molecule has 0 radical (unpaired) electrons. The normalized spacial score (nSPS) is 27.2. The first kappa shape index (κ1) is 21.6. The lowest BCUT2D eigenvalue weighted by atomic mass is 9.69. The average Bonchev–Trinajstić information content (AvgIpc) is 2.97. The van der Waals surface area contributed by atoms with Crippen LogP contribution >= 0.6 is 0 Å². The van der Waals surface area contributed by atoms with Gasteiger partial charge < -0.3 is 19.6 Å². The first-order chi connectivity index (χ1) is 13.4. The molecule has 0 bridgehead atoms. The van der Waals surface area contributed by atoms with Gasteiger partial charge in [0, 0.05) is 37.4 Å². The van der Waals surface area contributed by atoms with Gasteiger partial charge in [-0.05, 0) is 32.8 Å². The van der Waals surface area contributed by atoms with E-state index in [2.05, 4.69) is 12.1 Å². The minimum absolute atomic E-state index is 0.0812. The minimum Gasteiger partial charge on any atom is -0.444 e. The van der Waals surface area contributed by atoms with E-state index in [0.29, 0.717) is 39.0 Å². The standard InChI is InChI=1S/C23H34N2O4/c1-21(2,3)29-20(27)24-12-11-23(28,22(4,5)15-24)16-25-14-18(13-19(25)26)17-9-7-6-8-10-17/h6-10,18,28H,11-16H2,1-5H3. The fraction of sp³-hybridized carbons (Fsp3) is 0.652. The summed E-state index contributed by atoms with van der Waals surface area (Å²) in [6.07, 6.45) is 0.540. The summed E-state index contributed by atoms with van der Waals surface area (Å²) in [6.45, 7) is 11.2. The summed E-state index contributed by atoms with van der Waals surface area (Å²) >= 11 is 0. The van der Waals surface area contributed by atoms with Crippen LogP contribution in [0, 0.1) is 5.41 Å². The number of piperidine rings is 1. The molecule has 2 heterocycles. The topological polar surface area (TPSA) is 70.1 Å². The third-order valence-electron chi connectivity index (χ3n) is 6.23. The van der Waals surface area contributed by atoms with Gasteiger partial charge in [-0.1, -0.05) is 44.2 Å². The SMILES string of the molecule is CC(C)(C)OC(=O)N1CCC(O)(CN2CC(c3ccccc3)CC2=O)C(C)(C)C1. The summed E-state index contributed by atoms with van der Waals surface area (Å²) in [4.78, 5) is 28.6. The molecule has 1 aromatic rings. The number of carbonyl (C=O) groups excluding carboxylic acids is 2. The van der Waals surface area contributed by atoms with E-state index in [1.165, 1.54) is 0 Å². The highest BCUT2D eigenvalue weighted by Gasteiger charge is 2.51. The molecule has 6 nitrogen and oxygen atoms in total. The van der Waals surface area contributed by atoms with Crippen molar-refractivity contribution in [2.75, 3.05) is 26.2 Å². The summed E-state index contributed by atoms with van der Waals surface area (Å²) in [7, 11) is 0. The van der Waals surface area contributed by atoms with Crippen LogP contribution in [0.25, 0.3) is 0 Å². The molecule has 1 aromatic carbocycles. The van der Waals surface area contributed by atoms with Crippen molar-refractivity contribution in [3.8, 4) is 0 Å². The molecular formula is C23H34N2O4. The highest BCUT2D eigenvalue weighted by molar-refractivity contribution is 5.80. The van der Waals surface area contributed by atoms with E-state index in [4.69, 9.17) is 4.74 Å². The molecule has 6 heteroatoms. The molecule has 2 saturated heterocycles. The van der Waals surface area contributed by atoms with E-state index in [0.717, 1.165) is 5.56 Å². The molecule has 0 aromatic heterocycles. The molecule has 2 aliphatic rings. The van der Waals surface area contributed by atoms with Gasteiger partial charge in [-0.15, -0.1) is 0 Å². The van der Waals surface area contributed by atoms with Crippen molar-refractivity contribution in [3.05, 3.63) is 35.9 Å². The largest absolute Gasteiger partial charge is 0.444 e. The molecule has 29 heavy (non-hydrogen) atoms. The van der Waals surface area contributed by atoms with Crippen molar-refractivity contribution in [2.45, 2.75) is 64.6 Å². The van der Waals surface area contributed by atoms with Gasteiger partial charge in [-0.2, -0.15) is 0 Å². The average molecular weight is 403 g/mol. The highest BCUT2D eigenvalue weighted by atomic mass is 16.6. The minimum atomic E-state index is -1.05. The molecule has 0 saturated carbocycles. The Labute approximate surface area is 173 Å². The predicted molar refractivity (Wildman–Crippen MR) is 112 cm³/mol. The molecule has 2 fully saturated rings. The van der Waals surface area contributed by atoms with E-state index in [1.807, 2.05) is 52.8 Å². The Kier molecular flexibility index (Phi) is 5.69. The van der Waals surface area contributed by atoms with Crippen molar-refractivity contribution < 1.29 is 19.4 Å². The molecular weight excluding hydrogens is 368 g/mol. The smallest absolute Gasteiger partial charge is 0.410 e. The Morgan fingerprint density at radius 1 is 1.24 bits per heavy atom. The lowest BCUT2D eigenvalue weighted by molar-refractivity contribution is -0.147. The highest BCUT2D eigenvalue weighted by Crippen LogP contribution is 2.41. The van der Waals surface area contributed by atoms with Gasteiger partial charge in [0.25, 0.3) is 0 Å². The zero-order chi connectivity index (χ0) is 21.4. The number of rotatable bonds is 3. The zero-order valence-corrected chi connectivity index (χ0v) is 18.3. The Morgan fingerprint density at radius 3 is 2.48 bits per heavy atom. The number of β-amino-alcohol motifs (C(OH)–C–C–N with tert-alkyl or cyclic N) is 1.